The van der Waals surface area contributed by atoms with Crippen LogP contribution in [0.2, 0.25) is 0 Å². The summed E-state index contributed by atoms with van der Waals surface area (Å²) in [4.78, 5) is 10.9. The Kier molecular flexibility index (Phi) is 4.51. The Hall–Kier alpha value is -2.35. The third kappa shape index (κ3) is 4.11. The Morgan fingerprint density at radius 2 is 1.53 bits per heavy atom. The first kappa shape index (κ1) is 13.1. The molecule has 96 valence electrons. The van der Waals surface area contributed by atoms with Gasteiger partial charge in [-0.1, -0.05) is 60.7 Å². The predicted octanol–water partition coefficient (Wildman–Crippen LogP) is 3.79. The van der Waals surface area contributed by atoms with Gasteiger partial charge in [0.2, 0.25) is 0 Å². The second-order valence-electron chi connectivity index (χ2n) is 4.36. The molecule has 0 aromatic heterocycles. The summed E-state index contributed by atoms with van der Waals surface area (Å²) >= 11 is 0. The first-order valence-electron chi connectivity index (χ1n) is 6.28. The molecule has 0 fully saturated rings. The summed E-state index contributed by atoms with van der Waals surface area (Å²) in [6.07, 6.45) is 2.87. The fourth-order valence-corrected chi connectivity index (χ4v) is 2.02. The van der Waals surface area contributed by atoms with Crippen molar-refractivity contribution in [3.8, 4) is 0 Å². The molecule has 2 aromatic carbocycles. The molecule has 0 spiro atoms. The molecule has 0 aliphatic heterocycles. The second-order valence-corrected chi connectivity index (χ2v) is 4.36. The number of aryl methyl sites for hydroxylation is 1. The Morgan fingerprint density at radius 1 is 0.947 bits per heavy atom. The molecule has 0 heterocycles. The summed E-state index contributed by atoms with van der Waals surface area (Å²) in [6, 6.07) is 19.8. The molecule has 0 atom stereocenters. The van der Waals surface area contributed by atoms with Gasteiger partial charge in [-0.3, -0.25) is 0 Å². The van der Waals surface area contributed by atoms with Gasteiger partial charge in [0.1, 0.15) is 0 Å². The molecule has 0 aliphatic carbocycles. The van der Waals surface area contributed by atoms with Crippen molar-refractivity contribution in [1.29, 1.82) is 0 Å². The van der Waals surface area contributed by atoms with Crippen LogP contribution in [0.5, 0.6) is 0 Å². The number of hydrogen-bond acceptors (Lipinski definition) is 1. The van der Waals surface area contributed by atoms with Crippen LogP contribution >= 0.6 is 0 Å². The number of hydrogen-bond donors (Lipinski definition) is 1. The van der Waals surface area contributed by atoms with Crippen molar-refractivity contribution in [3.63, 3.8) is 0 Å². The van der Waals surface area contributed by atoms with Crippen LogP contribution in [0.1, 0.15) is 17.5 Å². The van der Waals surface area contributed by atoms with Crippen molar-refractivity contribution in [3.05, 3.63) is 77.9 Å². The lowest BCUT2D eigenvalue weighted by atomic mass is 9.98. The van der Waals surface area contributed by atoms with E-state index >= 15 is 0 Å². The molecule has 0 aliphatic rings. The first-order valence-corrected chi connectivity index (χ1v) is 6.28. The fraction of sp³-hybridized carbons (Fsp3) is 0.118. The van der Waals surface area contributed by atoms with Crippen molar-refractivity contribution in [2.24, 2.45) is 0 Å². The Balaban J connectivity index is 2.14. The highest BCUT2D eigenvalue weighted by Gasteiger charge is 2.04. The van der Waals surface area contributed by atoms with Gasteiger partial charge in [0, 0.05) is 6.08 Å². The average Bonchev–Trinajstić information content (AvgIpc) is 2.45. The van der Waals surface area contributed by atoms with E-state index in [1.165, 1.54) is 11.6 Å². The number of benzene rings is 2. The van der Waals surface area contributed by atoms with Crippen LogP contribution in [0, 0.1) is 0 Å². The zero-order valence-corrected chi connectivity index (χ0v) is 10.6. The number of carboxylic acids is 1. The third-order valence-electron chi connectivity index (χ3n) is 2.97. The van der Waals surface area contributed by atoms with E-state index < -0.39 is 5.97 Å². The monoisotopic (exact) mass is 252 g/mol. The van der Waals surface area contributed by atoms with Crippen molar-refractivity contribution in [1.82, 2.24) is 0 Å². The summed E-state index contributed by atoms with van der Waals surface area (Å²) < 4.78 is 0. The van der Waals surface area contributed by atoms with Gasteiger partial charge in [-0.2, -0.15) is 0 Å². The lowest BCUT2D eigenvalue weighted by Crippen LogP contribution is -1.95. The van der Waals surface area contributed by atoms with E-state index in [0.29, 0.717) is 0 Å². The molecular formula is C17H16O2. The van der Waals surface area contributed by atoms with E-state index in [1.54, 1.807) is 0 Å². The zero-order chi connectivity index (χ0) is 13.5. The maximum atomic E-state index is 10.9. The minimum Gasteiger partial charge on any atom is -0.478 e. The third-order valence-corrected chi connectivity index (χ3v) is 2.97. The van der Waals surface area contributed by atoms with Crippen LogP contribution in [0.3, 0.4) is 0 Å². The standard InChI is InChI=1S/C17H16O2/c18-17(19)13-16(15-9-5-2-6-10-15)12-11-14-7-3-1-4-8-14/h1-10,13H,11-12H2,(H,18,19). The lowest BCUT2D eigenvalue weighted by molar-refractivity contribution is -0.131. The van der Waals surface area contributed by atoms with Crippen molar-refractivity contribution >= 4 is 11.5 Å². The SMILES string of the molecule is O=C(O)C=C(CCc1ccccc1)c1ccccc1. The largest absolute Gasteiger partial charge is 0.478 e. The minimum atomic E-state index is -0.896. The van der Waals surface area contributed by atoms with Crippen LogP contribution < -0.4 is 0 Å². The molecular weight excluding hydrogens is 236 g/mol. The number of carbonyl (C=O) groups is 1. The smallest absolute Gasteiger partial charge is 0.328 e. The summed E-state index contributed by atoms with van der Waals surface area (Å²) in [5.41, 5.74) is 3.05. The molecule has 2 rings (SSSR count). The number of aliphatic carboxylic acids is 1. The molecule has 0 radical (unpaired) electrons. The highest BCUT2D eigenvalue weighted by atomic mass is 16.4. The molecule has 0 saturated heterocycles. The van der Waals surface area contributed by atoms with Gasteiger partial charge >= 0.3 is 5.97 Å². The summed E-state index contributed by atoms with van der Waals surface area (Å²) in [7, 11) is 0. The van der Waals surface area contributed by atoms with E-state index in [-0.39, 0.29) is 0 Å². The Bertz CT molecular complexity index is 556. The average molecular weight is 252 g/mol. The Labute approximate surface area is 113 Å². The van der Waals surface area contributed by atoms with Gasteiger partial charge in [-0.25, -0.2) is 4.79 Å². The fourth-order valence-electron chi connectivity index (χ4n) is 2.02. The van der Waals surface area contributed by atoms with Crippen LogP contribution in [0.25, 0.3) is 5.57 Å². The number of allylic oxidation sites excluding steroid dienone is 1. The number of carboxylic acid groups (broad SMARTS) is 1. The van der Waals surface area contributed by atoms with Gasteiger partial charge in [0.15, 0.2) is 0 Å². The second kappa shape index (κ2) is 6.55. The quantitative estimate of drug-likeness (QED) is 0.822. The molecule has 19 heavy (non-hydrogen) atoms. The van der Waals surface area contributed by atoms with Gasteiger partial charge in [-0.05, 0) is 29.5 Å². The van der Waals surface area contributed by atoms with Crippen molar-refractivity contribution in [2.45, 2.75) is 12.8 Å². The molecule has 2 heteroatoms. The zero-order valence-electron chi connectivity index (χ0n) is 10.6. The molecule has 0 unspecified atom stereocenters. The van der Waals surface area contributed by atoms with Crippen LogP contribution in [0.15, 0.2) is 66.7 Å². The molecule has 1 N–H and O–H groups in total. The van der Waals surface area contributed by atoms with E-state index in [2.05, 4.69) is 12.1 Å². The van der Waals surface area contributed by atoms with Gasteiger partial charge in [0.25, 0.3) is 0 Å². The lowest BCUT2D eigenvalue weighted by Gasteiger charge is -2.07. The van der Waals surface area contributed by atoms with E-state index in [0.717, 1.165) is 24.0 Å². The first-order chi connectivity index (χ1) is 9.25. The van der Waals surface area contributed by atoms with Crippen molar-refractivity contribution < 1.29 is 9.90 Å². The van der Waals surface area contributed by atoms with Gasteiger partial charge in [0.05, 0.1) is 0 Å². The normalized spacial score (nSPS) is 11.3. The minimum absolute atomic E-state index is 0.723. The van der Waals surface area contributed by atoms with E-state index in [1.807, 2.05) is 48.5 Å². The predicted molar refractivity (Wildman–Crippen MR) is 76.8 cm³/mol. The maximum absolute atomic E-state index is 10.9. The highest BCUT2D eigenvalue weighted by molar-refractivity contribution is 5.90. The van der Waals surface area contributed by atoms with Gasteiger partial charge < -0.3 is 5.11 Å². The summed E-state index contributed by atoms with van der Waals surface area (Å²) in [5.74, 6) is -0.896. The molecule has 2 nitrogen and oxygen atoms in total. The van der Waals surface area contributed by atoms with Gasteiger partial charge in [-0.15, -0.1) is 0 Å². The molecule has 0 bridgehead atoms. The van der Waals surface area contributed by atoms with Crippen LogP contribution in [-0.2, 0) is 11.2 Å². The maximum Gasteiger partial charge on any atom is 0.328 e. The van der Waals surface area contributed by atoms with E-state index in [4.69, 9.17) is 5.11 Å². The number of rotatable bonds is 5. The van der Waals surface area contributed by atoms with Crippen LogP contribution in [-0.4, -0.2) is 11.1 Å². The van der Waals surface area contributed by atoms with E-state index in [9.17, 15) is 4.79 Å². The summed E-state index contributed by atoms with van der Waals surface area (Å²) in [5, 5.41) is 8.97. The molecule has 0 amide bonds. The highest BCUT2D eigenvalue weighted by Crippen LogP contribution is 2.20. The van der Waals surface area contributed by atoms with Crippen molar-refractivity contribution in [2.75, 3.05) is 0 Å². The van der Waals surface area contributed by atoms with Crippen LogP contribution in [0.4, 0.5) is 0 Å². The summed E-state index contributed by atoms with van der Waals surface area (Å²) in [6.45, 7) is 0. The Morgan fingerprint density at radius 3 is 2.11 bits per heavy atom. The molecule has 0 saturated carbocycles. The molecule has 2 aromatic rings. The topological polar surface area (TPSA) is 37.3 Å².